The largest absolute Gasteiger partial charge is 0.475 e. The summed E-state index contributed by atoms with van der Waals surface area (Å²) < 4.78 is 11.8. The van der Waals surface area contributed by atoms with Crippen LogP contribution < -0.4 is 4.74 Å². The zero-order valence-corrected chi connectivity index (χ0v) is 16.1. The van der Waals surface area contributed by atoms with Crippen molar-refractivity contribution in [1.82, 2.24) is 9.88 Å². The van der Waals surface area contributed by atoms with E-state index in [0.717, 1.165) is 44.2 Å². The van der Waals surface area contributed by atoms with Crippen molar-refractivity contribution < 1.29 is 9.47 Å². The minimum Gasteiger partial charge on any atom is -0.475 e. The molecule has 1 aromatic heterocycles. The molecule has 4 rings (SSSR count). The number of pyridine rings is 1. The zero-order chi connectivity index (χ0) is 18.4. The van der Waals surface area contributed by atoms with E-state index in [-0.39, 0.29) is 0 Å². The quantitative estimate of drug-likeness (QED) is 0.802. The number of hydrogen-bond acceptors (Lipinski definition) is 4. The summed E-state index contributed by atoms with van der Waals surface area (Å²) in [7, 11) is 0. The van der Waals surface area contributed by atoms with E-state index in [1.54, 1.807) is 0 Å². The first-order valence-corrected chi connectivity index (χ1v) is 10.2. The highest BCUT2D eigenvalue weighted by Gasteiger charge is 2.34. The monoisotopic (exact) mass is 366 g/mol. The van der Waals surface area contributed by atoms with Gasteiger partial charge in [-0.15, -0.1) is 0 Å². The smallest absolute Gasteiger partial charge is 0.213 e. The summed E-state index contributed by atoms with van der Waals surface area (Å²) in [5.74, 6) is 0.723. The average molecular weight is 367 g/mol. The number of nitrogens with zero attached hydrogens (tertiary/aromatic N) is 2. The maximum atomic E-state index is 6.05. The van der Waals surface area contributed by atoms with E-state index in [9.17, 15) is 0 Å². The van der Waals surface area contributed by atoms with Gasteiger partial charge in [0.1, 0.15) is 6.61 Å². The number of ether oxygens (including phenoxy) is 2. The van der Waals surface area contributed by atoms with Crippen LogP contribution in [0.1, 0.15) is 36.9 Å². The van der Waals surface area contributed by atoms with Crippen LogP contribution in [0.25, 0.3) is 0 Å². The molecule has 1 spiro atoms. The standard InChI is InChI=1S/C23H30N2O2/c1-2-6-20(7-3-1)18-25-14-12-23(13-15-25)11-5-9-21-8-4-10-22(24-21)27-17-16-26-19-23/h1-4,6-8,10H,5,9,11-19H2. The molecule has 2 bridgehead atoms. The third-order valence-electron chi connectivity index (χ3n) is 5.97. The molecule has 144 valence electrons. The van der Waals surface area contributed by atoms with Crippen LogP contribution in [0.3, 0.4) is 0 Å². The van der Waals surface area contributed by atoms with Crippen molar-refractivity contribution in [1.29, 1.82) is 0 Å². The molecule has 0 N–H and O–H groups in total. The molecule has 3 heterocycles. The molecule has 0 radical (unpaired) electrons. The lowest BCUT2D eigenvalue weighted by molar-refractivity contribution is -0.0159. The second-order valence-corrected chi connectivity index (χ2v) is 7.98. The molecular weight excluding hydrogens is 336 g/mol. The first-order chi connectivity index (χ1) is 13.3. The van der Waals surface area contributed by atoms with Crippen molar-refractivity contribution in [2.24, 2.45) is 5.41 Å². The van der Waals surface area contributed by atoms with Crippen LogP contribution in [0, 0.1) is 5.41 Å². The molecule has 2 aliphatic heterocycles. The lowest BCUT2D eigenvalue weighted by atomic mass is 9.75. The summed E-state index contributed by atoms with van der Waals surface area (Å²) in [6.45, 7) is 5.44. The summed E-state index contributed by atoms with van der Waals surface area (Å²) >= 11 is 0. The summed E-state index contributed by atoms with van der Waals surface area (Å²) in [6, 6.07) is 16.9. The minimum absolute atomic E-state index is 0.310. The topological polar surface area (TPSA) is 34.6 Å². The van der Waals surface area contributed by atoms with Gasteiger partial charge in [0, 0.05) is 18.3 Å². The van der Waals surface area contributed by atoms with E-state index in [1.165, 1.54) is 31.2 Å². The van der Waals surface area contributed by atoms with Crippen LogP contribution in [0.15, 0.2) is 48.5 Å². The van der Waals surface area contributed by atoms with Crippen LogP contribution in [0.2, 0.25) is 0 Å². The summed E-state index contributed by atoms with van der Waals surface area (Å²) in [4.78, 5) is 7.20. The Labute approximate surface area is 162 Å². The number of hydrogen-bond donors (Lipinski definition) is 0. The van der Waals surface area contributed by atoms with E-state index in [0.29, 0.717) is 18.6 Å². The van der Waals surface area contributed by atoms with Crippen molar-refractivity contribution in [3.05, 3.63) is 59.8 Å². The predicted octanol–water partition coefficient (Wildman–Crippen LogP) is 4.10. The van der Waals surface area contributed by atoms with Crippen molar-refractivity contribution in [2.45, 2.75) is 38.6 Å². The van der Waals surface area contributed by atoms with Gasteiger partial charge in [-0.3, -0.25) is 4.90 Å². The van der Waals surface area contributed by atoms with Crippen molar-refractivity contribution in [3.8, 4) is 5.88 Å². The molecule has 2 aromatic rings. The van der Waals surface area contributed by atoms with Gasteiger partial charge < -0.3 is 9.47 Å². The Hall–Kier alpha value is -1.91. The molecule has 2 aliphatic rings. The molecule has 0 atom stereocenters. The molecule has 0 aliphatic carbocycles. The summed E-state index contributed by atoms with van der Waals surface area (Å²) in [5.41, 5.74) is 2.86. The molecule has 4 nitrogen and oxygen atoms in total. The zero-order valence-electron chi connectivity index (χ0n) is 16.1. The van der Waals surface area contributed by atoms with Gasteiger partial charge in [-0.1, -0.05) is 36.4 Å². The van der Waals surface area contributed by atoms with E-state index in [2.05, 4.69) is 46.3 Å². The van der Waals surface area contributed by atoms with E-state index < -0.39 is 0 Å². The predicted molar refractivity (Wildman–Crippen MR) is 107 cm³/mol. The molecule has 0 amide bonds. The highest BCUT2D eigenvalue weighted by Crippen LogP contribution is 2.37. The maximum absolute atomic E-state index is 6.05. The first kappa shape index (κ1) is 18.5. The van der Waals surface area contributed by atoms with Gasteiger partial charge in [0.15, 0.2) is 0 Å². The molecule has 1 fully saturated rings. The number of likely N-dealkylation sites (tertiary alicyclic amines) is 1. The van der Waals surface area contributed by atoms with Gasteiger partial charge >= 0.3 is 0 Å². The van der Waals surface area contributed by atoms with Crippen LogP contribution in [0.4, 0.5) is 0 Å². The number of aryl methyl sites for hydroxylation is 1. The van der Waals surface area contributed by atoms with Crippen LogP contribution in [-0.4, -0.2) is 42.8 Å². The van der Waals surface area contributed by atoms with Gasteiger partial charge in [0.25, 0.3) is 0 Å². The molecule has 1 saturated heterocycles. The Morgan fingerprint density at radius 1 is 0.926 bits per heavy atom. The van der Waals surface area contributed by atoms with E-state index >= 15 is 0 Å². The molecule has 4 heteroatoms. The Morgan fingerprint density at radius 3 is 2.63 bits per heavy atom. The van der Waals surface area contributed by atoms with Gasteiger partial charge in [-0.2, -0.15) is 0 Å². The minimum atomic E-state index is 0.310. The SMILES string of the molecule is c1ccc(CN2CCC3(CCCc4cccc(n4)OCCOC3)CC2)cc1. The fourth-order valence-electron chi connectivity index (χ4n) is 4.31. The molecule has 0 saturated carbocycles. The van der Waals surface area contributed by atoms with Gasteiger partial charge in [-0.05, 0) is 62.2 Å². The summed E-state index contributed by atoms with van der Waals surface area (Å²) in [5, 5.41) is 0. The van der Waals surface area contributed by atoms with Crippen molar-refractivity contribution in [2.75, 3.05) is 32.9 Å². The normalized spacial score (nSPS) is 21.0. The number of aromatic nitrogens is 1. The Kier molecular flexibility index (Phi) is 6.05. The highest BCUT2D eigenvalue weighted by atomic mass is 16.5. The highest BCUT2D eigenvalue weighted by molar-refractivity contribution is 5.16. The number of fused-ring (bicyclic) bond motifs is 2. The fraction of sp³-hybridized carbons (Fsp3) is 0.522. The number of piperidine rings is 1. The molecule has 27 heavy (non-hydrogen) atoms. The Bertz CT molecular complexity index is 711. The third kappa shape index (κ3) is 5.08. The number of benzene rings is 1. The lowest BCUT2D eigenvalue weighted by Crippen LogP contribution is -2.42. The van der Waals surface area contributed by atoms with Crippen molar-refractivity contribution >= 4 is 0 Å². The molecular formula is C23H30N2O2. The Morgan fingerprint density at radius 2 is 1.78 bits per heavy atom. The van der Waals surface area contributed by atoms with Crippen LogP contribution in [0.5, 0.6) is 5.88 Å². The van der Waals surface area contributed by atoms with E-state index in [1.807, 2.05) is 12.1 Å². The van der Waals surface area contributed by atoms with Crippen LogP contribution in [-0.2, 0) is 17.7 Å². The Balaban J connectivity index is 1.36. The third-order valence-corrected chi connectivity index (χ3v) is 5.97. The lowest BCUT2D eigenvalue weighted by Gasteiger charge is -2.42. The number of rotatable bonds is 2. The fourth-order valence-corrected chi connectivity index (χ4v) is 4.31. The van der Waals surface area contributed by atoms with Gasteiger partial charge in [0.05, 0.1) is 13.2 Å². The average Bonchev–Trinajstić information content (AvgIpc) is 2.70. The van der Waals surface area contributed by atoms with Crippen molar-refractivity contribution in [3.63, 3.8) is 0 Å². The summed E-state index contributed by atoms with van der Waals surface area (Å²) in [6.07, 6.45) is 5.84. The molecule has 1 aromatic carbocycles. The maximum Gasteiger partial charge on any atom is 0.213 e. The molecule has 0 unspecified atom stereocenters. The second kappa shape index (κ2) is 8.85. The second-order valence-electron chi connectivity index (χ2n) is 7.98. The first-order valence-electron chi connectivity index (χ1n) is 10.2. The van der Waals surface area contributed by atoms with Gasteiger partial charge in [-0.25, -0.2) is 4.98 Å². The van der Waals surface area contributed by atoms with Crippen LogP contribution >= 0.6 is 0 Å². The van der Waals surface area contributed by atoms with Gasteiger partial charge in [0.2, 0.25) is 5.88 Å². The van der Waals surface area contributed by atoms with E-state index in [4.69, 9.17) is 9.47 Å².